The first-order chi connectivity index (χ1) is 11.9. The Balaban J connectivity index is 0.00000243. The molecule has 1 heterocycles. The highest BCUT2D eigenvalue weighted by Crippen LogP contribution is 2.30. The zero-order valence-electron chi connectivity index (χ0n) is 15.0. The lowest BCUT2D eigenvalue weighted by Crippen LogP contribution is -2.55. The van der Waals surface area contributed by atoms with E-state index in [1.54, 1.807) is 12.1 Å². The average Bonchev–Trinajstić information content (AvgIpc) is 3.08. The van der Waals surface area contributed by atoms with E-state index in [0.29, 0.717) is 24.5 Å². The molecule has 146 valence electrons. The summed E-state index contributed by atoms with van der Waals surface area (Å²) in [6, 6.07) is 7.21. The summed E-state index contributed by atoms with van der Waals surface area (Å²) < 4.78 is 29.2. The molecule has 1 aliphatic carbocycles. The fraction of sp³-hybridized carbons (Fsp3) is 0.611. The highest BCUT2D eigenvalue weighted by atomic mass is 35.5. The molecule has 2 aliphatic rings. The summed E-state index contributed by atoms with van der Waals surface area (Å²) >= 11 is 0. The third-order valence-corrected chi connectivity index (χ3v) is 7.24. The van der Waals surface area contributed by atoms with Crippen molar-refractivity contribution in [3.05, 3.63) is 24.3 Å². The van der Waals surface area contributed by atoms with Gasteiger partial charge in [-0.25, -0.2) is 8.42 Å². The molecule has 6 nitrogen and oxygen atoms in total. The first-order valence-corrected chi connectivity index (χ1v) is 10.8. The van der Waals surface area contributed by atoms with Crippen LogP contribution in [0.25, 0.3) is 0 Å². The van der Waals surface area contributed by atoms with Crippen LogP contribution in [0.3, 0.4) is 0 Å². The standard InChI is InChI=1S/C18H26N2O4S.ClH/c1-25(22,23)18(9-11-19-12-10-18)17(21)20-14-5-4-8-16(13-14)24-15-6-2-3-7-15;/h4-5,8,13,15,19H,2-3,6-7,9-12H2,1H3,(H,20,21);1H. The van der Waals surface area contributed by atoms with E-state index >= 15 is 0 Å². The molecule has 8 heteroatoms. The number of sulfone groups is 1. The van der Waals surface area contributed by atoms with Crippen molar-refractivity contribution in [3.8, 4) is 5.75 Å². The smallest absolute Gasteiger partial charge is 0.245 e. The van der Waals surface area contributed by atoms with Crippen LogP contribution < -0.4 is 15.4 Å². The van der Waals surface area contributed by atoms with Crippen LogP contribution in [0, 0.1) is 0 Å². The zero-order chi connectivity index (χ0) is 17.9. The Hall–Kier alpha value is -1.31. The highest BCUT2D eigenvalue weighted by molar-refractivity contribution is 7.92. The normalized spacial score (nSPS) is 20.2. The number of anilines is 1. The van der Waals surface area contributed by atoms with Crippen LogP contribution >= 0.6 is 12.4 Å². The molecule has 26 heavy (non-hydrogen) atoms. The minimum Gasteiger partial charge on any atom is -0.490 e. The molecule has 1 aliphatic heterocycles. The summed E-state index contributed by atoms with van der Waals surface area (Å²) in [6.45, 7) is 1.04. The number of rotatable bonds is 5. The Kier molecular flexibility index (Phi) is 6.93. The summed E-state index contributed by atoms with van der Waals surface area (Å²) in [6.07, 6.45) is 6.45. The van der Waals surface area contributed by atoms with Crippen molar-refractivity contribution < 1.29 is 17.9 Å². The third-order valence-electron chi connectivity index (χ3n) is 5.23. The summed E-state index contributed by atoms with van der Waals surface area (Å²) in [5, 5.41) is 5.91. The van der Waals surface area contributed by atoms with Gasteiger partial charge in [0.05, 0.1) is 6.10 Å². The second-order valence-corrected chi connectivity index (χ2v) is 9.35. The summed E-state index contributed by atoms with van der Waals surface area (Å²) in [5.74, 6) is 0.262. The fourth-order valence-electron chi connectivity index (χ4n) is 3.69. The van der Waals surface area contributed by atoms with Crippen molar-refractivity contribution in [2.45, 2.75) is 49.4 Å². The molecule has 0 unspecified atom stereocenters. The van der Waals surface area contributed by atoms with Gasteiger partial charge in [-0.3, -0.25) is 4.79 Å². The number of hydrogen-bond donors (Lipinski definition) is 2. The molecule has 1 aromatic rings. The highest BCUT2D eigenvalue weighted by Gasteiger charge is 2.48. The Morgan fingerprint density at radius 1 is 1.23 bits per heavy atom. The lowest BCUT2D eigenvalue weighted by atomic mass is 9.95. The van der Waals surface area contributed by atoms with Crippen molar-refractivity contribution in [2.24, 2.45) is 0 Å². The largest absolute Gasteiger partial charge is 0.490 e. The van der Waals surface area contributed by atoms with Crippen molar-refractivity contribution in [1.82, 2.24) is 5.32 Å². The number of carbonyl (C=O) groups excluding carboxylic acids is 1. The Morgan fingerprint density at radius 2 is 1.88 bits per heavy atom. The lowest BCUT2D eigenvalue weighted by molar-refractivity contribution is -0.119. The Labute approximate surface area is 161 Å². The van der Waals surface area contributed by atoms with E-state index in [2.05, 4.69) is 10.6 Å². The molecule has 0 aromatic heterocycles. The molecule has 1 amide bonds. The van der Waals surface area contributed by atoms with E-state index in [9.17, 15) is 13.2 Å². The number of nitrogens with one attached hydrogen (secondary N) is 2. The maximum atomic E-state index is 12.8. The van der Waals surface area contributed by atoms with Crippen LogP contribution in [0.5, 0.6) is 5.75 Å². The monoisotopic (exact) mass is 402 g/mol. The predicted octanol–water partition coefficient (Wildman–Crippen LogP) is 2.54. The molecule has 0 spiro atoms. The topological polar surface area (TPSA) is 84.5 Å². The molecule has 2 N–H and O–H groups in total. The molecular weight excluding hydrogens is 376 g/mol. The third kappa shape index (κ3) is 4.50. The number of amides is 1. The minimum atomic E-state index is -3.52. The zero-order valence-corrected chi connectivity index (χ0v) is 16.6. The van der Waals surface area contributed by atoms with Crippen molar-refractivity contribution in [2.75, 3.05) is 24.7 Å². The molecule has 1 saturated carbocycles. The SMILES string of the molecule is CS(=O)(=O)C1(C(=O)Nc2cccc(OC3CCCC3)c2)CCNCC1.Cl. The van der Waals surface area contributed by atoms with Gasteiger partial charge in [0.15, 0.2) is 14.6 Å². The van der Waals surface area contributed by atoms with Crippen LogP contribution in [0.2, 0.25) is 0 Å². The van der Waals surface area contributed by atoms with Gasteiger partial charge in [0.1, 0.15) is 5.75 Å². The van der Waals surface area contributed by atoms with Gasteiger partial charge >= 0.3 is 0 Å². The van der Waals surface area contributed by atoms with Crippen LogP contribution in [-0.4, -0.2) is 44.5 Å². The number of piperidine rings is 1. The number of carbonyl (C=O) groups is 1. The first-order valence-electron chi connectivity index (χ1n) is 8.89. The van der Waals surface area contributed by atoms with E-state index in [1.165, 1.54) is 12.8 Å². The van der Waals surface area contributed by atoms with Gasteiger partial charge in [-0.05, 0) is 63.7 Å². The number of hydrogen-bond acceptors (Lipinski definition) is 5. The van der Waals surface area contributed by atoms with Gasteiger partial charge < -0.3 is 15.4 Å². The van der Waals surface area contributed by atoms with Crippen LogP contribution in [0.4, 0.5) is 5.69 Å². The summed E-state index contributed by atoms with van der Waals surface area (Å²) in [7, 11) is -3.52. The molecule has 0 atom stereocenters. The quantitative estimate of drug-likeness (QED) is 0.790. The number of benzene rings is 1. The maximum absolute atomic E-state index is 12.8. The molecule has 1 saturated heterocycles. The van der Waals surface area contributed by atoms with Crippen LogP contribution in [-0.2, 0) is 14.6 Å². The van der Waals surface area contributed by atoms with Gasteiger partial charge in [-0.2, -0.15) is 0 Å². The molecule has 1 aromatic carbocycles. The molecule has 0 radical (unpaired) electrons. The Bertz CT molecular complexity index is 726. The maximum Gasteiger partial charge on any atom is 0.245 e. The van der Waals surface area contributed by atoms with Gasteiger partial charge in [-0.1, -0.05) is 6.07 Å². The van der Waals surface area contributed by atoms with Crippen molar-refractivity contribution in [1.29, 1.82) is 0 Å². The number of ether oxygens (including phenoxy) is 1. The second kappa shape index (κ2) is 8.59. The van der Waals surface area contributed by atoms with E-state index in [-0.39, 0.29) is 31.4 Å². The number of halogens is 1. The van der Waals surface area contributed by atoms with E-state index in [0.717, 1.165) is 19.1 Å². The van der Waals surface area contributed by atoms with Gasteiger partial charge in [0, 0.05) is 18.0 Å². The van der Waals surface area contributed by atoms with Crippen molar-refractivity contribution >= 4 is 33.8 Å². The Morgan fingerprint density at radius 3 is 2.50 bits per heavy atom. The molecule has 0 bridgehead atoms. The fourth-order valence-corrected chi connectivity index (χ4v) is 5.02. The van der Waals surface area contributed by atoms with E-state index in [1.807, 2.05) is 12.1 Å². The second-order valence-electron chi connectivity index (χ2n) is 7.02. The molecule has 3 rings (SSSR count). The summed E-state index contributed by atoms with van der Waals surface area (Å²) in [5.41, 5.74) is 0.571. The van der Waals surface area contributed by atoms with Crippen LogP contribution in [0.15, 0.2) is 24.3 Å². The lowest BCUT2D eigenvalue weighted by Gasteiger charge is -2.34. The van der Waals surface area contributed by atoms with Gasteiger partial charge in [0.2, 0.25) is 5.91 Å². The average molecular weight is 403 g/mol. The van der Waals surface area contributed by atoms with E-state index < -0.39 is 20.5 Å². The van der Waals surface area contributed by atoms with E-state index in [4.69, 9.17) is 4.74 Å². The molecular formula is C18H27ClN2O4S. The minimum absolute atomic E-state index is 0. The van der Waals surface area contributed by atoms with Gasteiger partial charge in [-0.15, -0.1) is 12.4 Å². The van der Waals surface area contributed by atoms with Gasteiger partial charge in [0.25, 0.3) is 0 Å². The predicted molar refractivity (Wildman–Crippen MR) is 105 cm³/mol. The summed E-state index contributed by atoms with van der Waals surface area (Å²) in [4.78, 5) is 12.8. The molecule has 2 fully saturated rings. The first kappa shape index (κ1) is 21.0. The van der Waals surface area contributed by atoms with Crippen molar-refractivity contribution in [3.63, 3.8) is 0 Å². The van der Waals surface area contributed by atoms with Crippen LogP contribution in [0.1, 0.15) is 38.5 Å².